The highest BCUT2D eigenvalue weighted by Crippen LogP contribution is 2.29. The molecule has 1 fully saturated rings. The number of anilines is 1. The number of phenols is 1. The predicted molar refractivity (Wildman–Crippen MR) is 102 cm³/mol. The lowest BCUT2D eigenvalue weighted by atomic mass is 10.1. The molecule has 2 N–H and O–H groups in total. The van der Waals surface area contributed by atoms with Gasteiger partial charge in [-0.3, -0.25) is 9.59 Å². The van der Waals surface area contributed by atoms with Gasteiger partial charge in [0, 0.05) is 16.6 Å². The number of carbonyl (C=O) groups excluding carboxylic acids is 2. The van der Waals surface area contributed by atoms with E-state index in [2.05, 4.69) is 5.32 Å². The van der Waals surface area contributed by atoms with E-state index >= 15 is 0 Å². The van der Waals surface area contributed by atoms with E-state index in [9.17, 15) is 14.7 Å². The molecule has 1 unspecified atom stereocenters. The van der Waals surface area contributed by atoms with Crippen molar-refractivity contribution in [3.05, 3.63) is 57.0 Å². The van der Waals surface area contributed by atoms with E-state index in [4.69, 9.17) is 34.8 Å². The van der Waals surface area contributed by atoms with Crippen LogP contribution in [0.1, 0.15) is 23.2 Å². The second kappa shape index (κ2) is 7.74. The number of benzene rings is 2. The van der Waals surface area contributed by atoms with Crippen LogP contribution in [0.3, 0.4) is 0 Å². The maximum atomic E-state index is 12.8. The quantitative estimate of drug-likeness (QED) is 0.723. The molecule has 1 saturated heterocycles. The Bertz CT molecular complexity index is 873. The summed E-state index contributed by atoms with van der Waals surface area (Å²) >= 11 is 18.0. The van der Waals surface area contributed by atoms with Crippen LogP contribution in [0.4, 0.5) is 5.69 Å². The summed E-state index contributed by atoms with van der Waals surface area (Å²) in [6.45, 7) is 0.432. The van der Waals surface area contributed by atoms with Gasteiger partial charge in [-0.1, -0.05) is 34.8 Å². The predicted octanol–water partition coefficient (Wildman–Crippen LogP) is 4.60. The smallest absolute Gasteiger partial charge is 0.256 e. The lowest BCUT2D eigenvalue weighted by Crippen LogP contribution is -2.43. The number of carbonyl (C=O) groups is 2. The van der Waals surface area contributed by atoms with Gasteiger partial charge < -0.3 is 15.3 Å². The van der Waals surface area contributed by atoms with Gasteiger partial charge in [0.1, 0.15) is 11.8 Å². The van der Waals surface area contributed by atoms with Crippen molar-refractivity contribution in [3.63, 3.8) is 0 Å². The molecule has 26 heavy (non-hydrogen) atoms. The molecule has 8 heteroatoms. The number of halogens is 3. The van der Waals surface area contributed by atoms with Crippen molar-refractivity contribution in [2.75, 3.05) is 11.9 Å². The van der Waals surface area contributed by atoms with Crippen molar-refractivity contribution >= 4 is 52.3 Å². The Morgan fingerprint density at radius 2 is 1.77 bits per heavy atom. The molecule has 0 radical (unpaired) electrons. The summed E-state index contributed by atoms with van der Waals surface area (Å²) < 4.78 is 0. The number of hydrogen-bond donors (Lipinski definition) is 2. The SMILES string of the molecule is O=C(Nc1cc(Cl)ccc1O)C1CCCN1C(=O)c1cc(Cl)ccc1Cl. The number of nitrogens with one attached hydrogen (secondary N) is 1. The van der Waals surface area contributed by atoms with Crippen molar-refractivity contribution < 1.29 is 14.7 Å². The number of amides is 2. The molecular formula is C18H15Cl3N2O3. The molecule has 0 bridgehead atoms. The minimum Gasteiger partial charge on any atom is -0.506 e. The van der Waals surface area contributed by atoms with Gasteiger partial charge in [-0.2, -0.15) is 0 Å². The number of hydrogen-bond acceptors (Lipinski definition) is 3. The first-order chi connectivity index (χ1) is 12.4. The first-order valence-corrected chi connectivity index (χ1v) is 9.05. The minimum absolute atomic E-state index is 0.100. The van der Waals surface area contributed by atoms with Crippen molar-refractivity contribution in [2.45, 2.75) is 18.9 Å². The molecule has 0 spiro atoms. The maximum Gasteiger partial charge on any atom is 0.256 e. The molecule has 2 aromatic carbocycles. The molecule has 0 aromatic heterocycles. The second-order valence-electron chi connectivity index (χ2n) is 5.93. The van der Waals surface area contributed by atoms with Gasteiger partial charge in [0.15, 0.2) is 0 Å². The van der Waals surface area contributed by atoms with Gasteiger partial charge in [-0.15, -0.1) is 0 Å². The minimum atomic E-state index is -0.670. The van der Waals surface area contributed by atoms with E-state index < -0.39 is 11.9 Å². The number of rotatable bonds is 3. The van der Waals surface area contributed by atoms with Crippen LogP contribution in [-0.4, -0.2) is 34.4 Å². The third-order valence-corrected chi connectivity index (χ3v) is 4.99. The van der Waals surface area contributed by atoms with Crippen LogP contribution >= 0.6 is 34.8 Å². The summed E-state index contributed by atoms with van der Waals surface area (Å²) in [5, 5.41) is 13.5. The van der Waals surface area contributed by atoms with Crippen LogP contribution in [0.15, 0.2) is 36.4 Å². The molecule has 1 aliphatic rings. The number of aromatic hydroxyl groups is 1. The number of phenolic OH excluding ortho intramolecular Hbond substituents is 1. The van der Waals surface area contributed by atoms with Crippen molar-refractivity contribution in [1.82, 2.24) is 4.90 Å². The zero-order valence-electron chi connectivity index (χ0n) is 13.5. The van der Waals surface area contributed by atoms with Gasteiger partial charge in [0.2, 0.25) is 5.91 Å². The average Bonchev–Trinajstić information content (AvgIpc) is 3.09. The van der Waals surface area contributed by atoms with Crippen molar-refractivity contribution in [1.29, 1.82) is 0 Å². The fraction of sp³-hybridized carbons (Fsp3) is 0.222. The van der Waals surface area contributed by atoms with E-state index in [0.717, 1.165) is 0 Å². The van der Waals surface area contributed by atoms with Crippen LogP contribution in [0.25, 0.3) is 0 Å². The molecule has 136 valence electrons. The van der Waals surface area contributed by atoms with E-state index in [1.807, 2.05) is 0 Å². The first kappa shape index (κ1) is 18.8. The standard InChI is InChI=1S/C18H15Cl3N2O3/c19-10-3-5-13(21)12(8-10)18(26)23-7-1-2-15(23)17(25)22-14-9-11(20)4-6-16(14)24/h3-6,8-9,15,24H,1-2,7H2,(H,22,25). The maximum absolute atomic E-state index is 12.8. The Balaban J connectivity index is 1.81. The Morgan fingerprint density at radius 1 is 1.08 bits per heavy atom. The zero-order chi connectivity index (χ0) is 18.8. The molecule has 0 saturated carbocycles. The van der Waals surface area contributed by atoms with E-state index in [-0.39, 0.29) is 27.9 Å². The van der Waals surface area contributed by atoms with Crippen molar-refractivity contribution in [2.24, 2.45) is 0 Å². The topological polar surface area (TPSA) is 69.6 Å². The van der Waals surface area contributed by atoms with Crippen LogP contribution in [0, 0.1) is 0 Å². The fourth-order valence-electron chi connectivity index (χ4n) is 2.92. The second-order valence-corrected chi connectivity index (χ2v) is 7.21. The summed E-state index contributed by atoms with van der Waals surface area (Å²) in [6.07, 6.45) is 1.20. The lowest BCUT2D eigenvalue weighted by molar-refractivity contribution is -0.119. The normalized spacial score (nSPS) is 16.6. The van der Waals surface area contributed by atoms with E-state index in [1.54, 1.807) is 12.1 Å². The summed E-state index contributed by atoms with van der Waals surface area (Å²) in [7, 11) is 0. The van der Waals surface area contributed by atoms with Crippen LogP contribution in [0.5, 0.6) is 5.75 Å². The van der Waals surface area contributed by atoms with Crippen LogP contribution in [0.2, 0.25) is 15.1 Å². The molecule has 5 nitrogen and oxygen atoms in total. The van der Waals surface area contributed by atoms with Gasteiger partial charge in [0.05, 0.1) is 16.3 Å². The number of nitrogens with zero attached hydrogens (tertiary/aromatic N) is 1. The van der Waals surface area contributed by atoms with Crippen LogP contribution in [-0.2, 0) is 4.79 Å². The van der Waals surface area contributed by atoms with Gasteiger partial charge >= 0.3 is 0 Å². The highest BCUT2D eigenvalue weighted by atomic mass is 35.5. The molecule has 2 amide bonds. The highest BCUT2D eigenvalue weighted by molar-refractivity contribution is 6.35. The molecular weight excluding hydrogens is 399 g/mol. The van der Waals surface area contributed by atoms with Crippen molar-refractivity contribution in [3.8, 4) is 5.75 Å². The van der Waals surface area contributed by atoms with Gasteiger partial charge in [-0.25, -0.2) is 0 Å². The average molecular weight is 414 g/mol. The Labute approximate surface area is 165 Å². The summed E-state index contributed by atoms with van der Waals surface area (Å²) in [6, 6.07) is 8.31. The van der Waals surface area contributed by atoms with Gasteiger partial charge in [0.25, 0.3) is 5.91 Å². The molecule has 3 rings (SSSR count). The highest BCUT2D eigenvalue weighted by Gasteiger charge is 2.35. The summed E-state index contributed by atoms with van der Waals surface area (Å²) in [5.41, 5.74) is 0.451. The molecule has 0 aliphatic carbocycles. The number of likely N-dealkylation sites (tertiary alicyclic amines) is 1. The first-order valence-electron chi connectivity index (χ1n) is 7.92. The third kappa shape index (κ3) is 3.90. The third-order valence-electron chi connectivity index (χ3n) is 4.19. The molecule has 1 heterocycles. The Hall–Kier alpha value is -1.95. The fourth-order valence-corrected chi connectivity index (χ4v) is 3.47. The zero-order valence-corrected chi connectivity index (χ0v) is 15.8. The molecule has 1 atom stereocenters. The lowest BCUT2D eigenvalue weighted by Gasteiger charge is -2.24. The monoisotopic (exact) mass is 412 g/mol. The Kier molecular flexibility index (Phi) is 5.61. The summed E-state index contributed by atoms with van der Waals surface area (Å²) in [4.78, 5) is 27.0. The Morgan fingerprint density at radius 3 is 2.54 bits per heavy atom. The van der Waals surface area contributed by atoms with E-state index in [1.165, 1.54) is 29.2 Å². The van der Waals surface area contributed by atoms with E-state index in [0.29, 0.717) is 29.4 Å². The van der Waals surface area contributed by atoms with Crippen LogP contribution < -0.4 is 5.32 Å². The molecule has 2 aromatic rings. The largest absolute Gasteiger partial charge is 0.506 e. The molecule has 1 aliphatic heterocycles. The summed E-state index contributed by atoms with van der Waals surface area (Å²) in [5.74, 6) is -0.853. The van der Waals surface area contributed by atoms with Gasteiger partial charge in [-0.05, 0) is 49.2 Å².